The number of amides is 1. The second-order valence-electron chi connectivity index (χ2n) is 6.24. The Morgan fingerprint density at radius 1 is 1.11 bits per heavy atom. The zero-order chi connectivity index (χ0) is 20.0. The first-order valence-corrected chi connectivity index (χ1v) is 9.43. The summed E-state index contributed by atoms with van der Waals surface area (Å²) in [6.07, 6.45) is 0. The highest BCUT2D eigenvalue weighted by Crippen LogP contribution is 2.24. The Balaban J connectivity index is 2.10. The second-order valence-corrected chi connectivity index (χ2v) is 6.64. The highest BCUT2D eigenvalue weighted by Gasteiger charge is 2.15. The number of ether oxygens (including phenoxy) is 1. The van der Waals surface area contributed by atoms with Gasteiger partial charge in [0.25, 0.3) is 5.91 Å². The van der Waals surface area contributed by atoms with Gasteiger partial charge in [-0.2, -0.15) is 0 Å². The predicted octanol–water partition coefficient (Wildman–Crippen LogP) is 4.29. The van der Waals surface area contributed by atoms with Gasteiger partial charge in [0.2, 0.25) is 0 Å². The third kappa shape index (κ3) is 4.98. The molecule has 0 heterocycles. The number of methoxy groups -OCH3 is 1. The second kappa shape index (κ2) is 9.37. The summed E-state index contributed by atoms with van der Waals surface area (Å²) in [5.74, 6) is 0.253. The van der Waals surface area contributed by atoms with E-state index in [-0.39, 0.29) is 11.0 Å². The third-order valence-electron chi connectivity index (χ3n) is 4.47. The number of hydrogen-bond acceptors (Lipinski definition) is 4. The molecule has 0 saturated carbocycles. The number of aryl methyl sites for hydroxylation is 2. The van der Waals surface area contributed by atoms with Crippen molar-refractivity contribution in [1.29, 1.82) is 0 Å². The molecule has 0 bridgehead atoms. The fourth-order valence-corrected chi connectivity index (χ4v) is 3.20. The number of rotatable bonds is 6. The van der Waals surface area contributed by atoms with Gasteiger partial charge in [-0.1, -0.05) is 12.1 Å². The molecule has 2 rings (SSSR count). The van der Waals surface area contributed by atoms with Gasteiger partial charge in [-0.15, -0.1) is 0 Å². The highest BCUT2D eigenvalue weighted by molar-refractivity contribution is 7.80. The summed E-state index contributed by atoms with van der Waals surface area (Å²) >= 11 is 5.32. The fraction of sp³-hybridized carbons (Fsp3) is 0.333. The molecule has 0 aliphatic carbocycles. The van der Waals surface area contributed by atoms with Crippen LogP contribution in [0.1, 0.15) is 35.3 Å². The summed E-state index contributed by atoms with van der Waals surface area (Å²) in [5, 5.41) is 6.08. The molecule has 0 fully saturated rings. The molecule has 2 aromatic carbocycles. The number of thiocarbonyl (C=S) groups is 1. The van der Waals surface area contributed by atoms with Crippen LogP contribution in [0.4, 0.5) is 11.4 Å². The number of anilines is 2. The van der Waals surface area contributed by atoms with Crippen LogP contribution in [0.3, 0.4) is 0 Å². The maximum atomic E-state index is 12.6. The lowest BCUT2D eigenvalue weighted by Gasteiger charge is -2.22. The molecule has 0 unspecified atom stereocenters. The van der Waals surface area contributed by atoms with Crippen molar-refractivity contribution >= 4 is 34.6 Å². The number of carbonyl (C=O) groups is 1. The standard InChI is InChI=1S/C21H27N3O2S/c1-6-24(7-2)16-11-12-18(15(4)13-16)22-21(27)23-20(25)17-10-8-9-14(3)19(17)26-5/h8-13H,6-7H2,1-5H3,(H2,22,23,25,27). The van der Waals surface area contributed by atoms with Crippen LogP contribution >= 0.6 is 12.2 Å². The highest BCUT2D eigenvalue weighted by atomic mass is 32.1. The molecule has 2 aromatic rings. The van der Waals surface area contributed by atoms with Crippen molar-refractivity contribution in [1.82, 2.24) is 5.32 Å². The van der Waals surface area contributed by atoms with E-state index in [1.54, 1.807) is 13.2 Å². The summed E-state index contributed by atoms with van der Waals surface area (Å²) in [7, 11) is 1.55. The maximum Gasteiger partial charge on any atom is 0.261 e. The predicted molar refractivity (Wildman–Crippen MR) is 116 cm³/mol. The number of carbonyl (C=O) groups excluding carboxylic acids is 1. The first-order valence-electron chi connectivity index (χ1n) is 9.02. The number of nitrogens with one attached hydrogen (secondary N) is 2. The Morgan fingerprint density at radius 3 is 2.41 bits per heavy atom. The molecule has 0 aromatic heterocycles. The van der Waals surface area contributed by atoms with Crippen molar-refractivity contribution in [2.75, 3.05) is 30.4 Å². The minimum absolute atomic E-state index is 0.252. The Morgan fingerprint density at radius 2 is 1.81 bits per heavy atom. The van der Waals surface area contributed by atoms with E-state index >= 15 is 0 Å². The van der Waals surface area contributed by atoms with Gasteiger partial charge in [0.05, 0.1) is 12.7 Å². The molecule has 1 amide bonds. The number of para-hydroxylation sites is 1. The molecule has 5 nitrogen and oxygen atoms in total. The molecule has 144 valence electrons. The van der Waals surface area contributed by atoms with Crippen molar-refractivity contribution in [3.63, 3.8) is 0 Å². The van der Waals surface area contributed by atoms with Gasteiger partial charge in [-0.05, 0) is 75.3 Å². The third-order valence-corrected chi connectivity index (χ3v) is 4.68. The van der Waals surface area contributed by atoms with E-state index in [4.69, 9.17) is 17.0 Å². The molecule has 0 spiro atoms. The van der Waals surface area contributed by atoms with Gasteiger partial charge in [0.1, 0.15) is 5.75 Å². The largest absolute Gasteiger partial charge is 0.496 e. The smallest absolute Gasteiger partial charge is 0.261 e. The number of benzene rings is 2. The van der Waals surface area contributed by atoms with Gasteiger partial charge in [0, 0.05) is 24.5 Å². The lowest BCUT2D eigenvalue weighted by Crippen LogP contribution is -2.34. The quantitative estimate of drug-likeness (QED) is 0.727. The number of hydrogen-bond donors (Lipinski definition) is 2. The van der Waals surface area contributed by atoms with E-state index in [0.717, 1.165) is 29.9 Å². The average molecular weight is 386 g/mol. The minimum atomic E-state index is -0.300. The van der Waals surface area contributed by atoms with Crippen molar-refractivity contribution in [3.05, 3.63) is 53.1 Å². The molecule has 2 N–H and O–H groups in total. The first-order chi connectivity index (χ1) is 12.9. The molecule has 27 heavy (non-hydrogen) atoms. The van der Waals surface area contributed by atoms with Crippen molar-refractivity contribution < 1.29 is 9.53 Å². The summed E-state index contributed by atoms with van der Waals surface area (Å²) in [6, 6.07) is 11.6. The molecular formula is C21H27N3O2S. The summed E-state index contributed by atoms with van der Waals surface area (Å²) in [6.45, 7) is 10.1. The lowest BCUT2D eigenvalue weighted by atomic mass is 10.1. The van der Waals surface area contributed by atoms with Crippen LogP contribution in [0.2, 0.25) is 0 Å². The zero-order valence-electron chi connectivity index (χ0n) is 16.6. The molecule has 0 aliphatic heterocycles. The van der Waals surface area contributed by atoms with Crippen molar-refractivity contribution in [2.45, 2.75) is 27.7 Å². The van der Waals surface area contributed by atoms with Crippen LogP contribution in [-0.4, -0.2) is 31.2 Å². The SMILES string of the molecule is CCN(CC)c1ccc(NC(=S)NC(=O)c2cccc(C)c2OC)c(C)c1. The van der Waals surface area contributed by atoms with Crippen LogP contribution in [0.5, 0.6) is 5.75 Å². The minimum Gasteiger partial charge on any atom is -0.496 e. The Kier molecular flexibility index (Phi) is 7.19. The van der Waals surface area contributed by atoms with E-state index in [0.29, 0.717) is 11.3 Å². The van der Waals surface area contributed by atoms with E-state index in [2.05, 4.69) is 41.5 Å². The Labute approximate surface area is 166 Å². The zero-order valence-corrected chi connectivity index (χ0v) is 17.4. The molecule has 0 atom stereocenters. The monoisotopic (exact) mass is 385 g/mol. The van der Waals surface area contributed by atoms with Crippen LogP contribution in [0.15, 0.2) is 36.4 Å². The van der Waals surface area contributed by atoms with E-state index in [9.17, 15) is 4.79 Å². The fourth-order valence-electron chi connectivity index (χ4n) is 3.00. The average Bonchev–Trinajstić information content (AvgIpc) is 2.64. The maximum absolute atomic E-state index is 12.6. The molecule has 0 aliphatic rings. The van der Waals surface area contributed by atoms with E-state index in [1.807, 2.05) is 32.0 Å². The summed E-state index contributed by atoms with van der Waals surface area (Å²) in [4.78, 5) is 14.8. The van der Waals surface area contributed by atoms with Gasteiger partial charge < -0.3 is 15.0 Å². The topological polar surface area (TPSA) is 53.6 Å². The molecular weight excluding hydrogens is 358 g/mol. The first kappa shape index (κ1) is 20.7. The molecule has 6 heteroatoms. The summed E-state index contributed by atoms with van der Waals surface area (Å²) in [5.41, 5.74) is 4.45. The van der Waals surface area contributed by atoms with Gasteiger partial charge >= 0.3 is 0 Å². The van der Waals surface area contributed by atoms with Crippen LogP contribution in [-0.2, 0) is 0 Å². The van der Waals surface area contributed by atoms with Crippen LogP contribution < -0.4 is 20.3 Å². The van der Waals surface area contributed by atoms with Crippen molar-refractivity contribution in [2.24, 2.45) is 0 Å². The van der Waals surface area contributed by atoms with Gasteiger partial charge in [-0.25, -0.2) is 0 Å². The van der Waals surface area contributed by atoms with Crippen LogP contribution in [0, 0.1) is 13.8 Å². The normalized spacial score (nSPS) is 10.3. The van der Waals surface area contributed by atoms with Crippen molar-refractivity contribution in [3.8, 4) is 5.75 Å². The number of nitrogens with zero attached hydrogens (tertiary/aromatic N) is 1. The van der Waals surface area contributed by atoms with Crippen LogP contribution in [0.25, 0.3) is 0 Å². The van der Waals surface area contributed by atoms with E-state index < -0.39 is 0 Å². The Bertz CT molecular complexity index is 832. The molecule has 0 radical (unpaired) electrons. The van der Waals surface area contributed by atoms with Gasteiger partial charge in [0.15, 0.2) is 5.11 Å². The van der Waals surface area contributed by atoms with Gasteiger partial charge in [-0.3, -0.25) is 10.1 Å². The summed E-state index contributed by atoms with van der Waals surface area (Å²) < 4.78 is 5.34. The lowest BCUT2D eigenvalue weighted by molar-refractivity contribution is 0.0974. The molecule has 0 saturated heterocycles. The Hall–Kier alpha value is -2.60. The van der Waals surface area contributed by atoms with E-state index in [1.165, 1.54) is 5.69 Å².